The predicted molar refractivity (Wildman–Crippen MR) is 230 cm³/mol. The first kappa shape index (κ1) is 48.8. The number of likely N-dealkylation sites (N-methyl/N-ethyl adjacent to an activating group) is 1. The van der Waals surface area contributed by atoms with Gasteiger partial charge in [0.1, 0.15) is 23.9 Å². The Morgan fingerprint density at radius 2 is 1.73 bits per heavy atom. The molecule has 1 N–H and O–H groups in total. The van der Waals surface area contributed by atoms with Crippen molar-refractivity contribution in [1.29, 1.82) is 0 Å². The van der Waals surface area contributed by atoms with Crippen LogP contribution in [0.1, 0.15) is 87.5 Å². The molecule has 0 radical (unpaired) electrons. The van der Waals surface area contributed by atoms with Crippen LogP contribution in [0.4, 0.5) is 4.79 Å². The lowest BCUT2D eigenvalue weighted by Crippen LogP contribution is -2.60. The number of rotatable bonds is 14. The van der Waals surface area contributed by atoms with E-state index in [9.17, 15) is 24.3 Å². The summed E-state index contributed by atoms with van der Waals surface area (Å²) in [5, 5.41) is 11.5. The minimum Gasteiger partial charge on any atom is -0.478 e. The Hall–Kier alpha value is -4.22. The molecule has 2 aromatic heterocycles. The standard InChI is InChI=1S/C46H69N5O11/c1-13-35-46(14-2)40(51(44(56)62-46)21-17-16-20-50-25-33(48-26-50)32-18-19-36(47-24-32)58-15-3)29(6)37(52)27(4)23-45(9,57-12)41(30(7)38(53)31(8)42(55)60-35)61-43-39(54)34(49(10)11)22-28(5)59-43/h14,18-19,24-31,34-35,39-41,43,54H,2,13,15-17,20-23H2,1,3-12H3/t27-,28-,29-,30+,31-,34+,35+,39-,40+,41-,43?,45+,46-/m1/s1. The smallest absolute Gasteiger partial charge is 0.411 e. The van der Waals surface area contributed by atoms with Gasteiger partial charge in [0.15, 0.2) is 17.7 Å². The second-order valence-electron chi connectivity index (χ2n) is 17.8. The normalized spacial score (nSPS) is 35.0. The number of carbonyl (C=O) groups is 4. The number of esters is 1. The van der Waals surface area contributed by atoms with Crippen molar-refractivity contribution in [3.63, 3.8) is 0 Å². The summed E-state index contributed by atoms with van der Waals surface area (Å²) in [5.41, 5.74) is -1.28. The molecule has 0 aromatic carbocycles. The highest BCUT2D eigenvalue weighted by molar-refractivity contribution is 6.00. The number of ketones is 2. The molecule has 5 heterocycles. The number of unbranched alkanes of at least 4 members (excludes halogenated alkanes) is 1. The summed E-state index contributed by atoms with van der Waals surface area (Å²) in [6.07, 6.45) is 3.69. The SMILES string of the molecule is C=C[C@]12OC(=O)N(CCCCn3cnc(-c4ccc(OCC)nc4)c3)[C@H]1[C@H](C)C(=O)[C@H](C)C[C@](C)(OC)[C@H](OC1O[C@H](C)C[C@H](N(C)C)[C@H]1O)[C@@H](C)C(=O)[C@@H](C)C(=O)O[C@H]2CC. The third-order valence-corrected chi connectivity index (χ3v) is 13.2. The number of ether oxygens (including phenoxy) is 6. The van der Waals surface area contributed by atoms with Gasteiger partial charge in [0.2, 0.25) is 5.88 Å². The largest absolute Gasteiger partial charge is 0.478 e. The van der Waals surface area contributed by atoms with Gasteiger partial charge < -0.3 is 43.0 Å². The minimum absolute atomic E-state index is 0.0999. The average Bonchev–Trinajstić information content (AvgIpc) is 3.84. The number of aliphatic hydroxyl groups is 1. The van der Waals surface area contributed by atoms with Crippen LogP contribution < -0.4 is 4.74 Å². The van der Waals surface area contributed by atoms with Crippen LogP contribution in [0.5, 0.6) is 5.88 Å². The van der Waals surface area contributed by atoms with Gasteiger partial charge in [-0.1, -0.05) is 34.3 Å². The van der Waals surface area contributed by atoms with E-state index in [-0.39, 0.29) is 37.3 Å². The zero-order valence-corrected chi connectivity index (χ0v) is 38.4. The molecule has 2 aromatic rings. The van der Waals surface area contributed by atoms with Crippen molar-refractivity contribution in [3.8, 4) is 17.1 Å². The Morgan fingerprint density at radius 1 is 1.02 bits per heavy atom. The van der Waals surface area contributed by atoms with E-state index in [1.54, 1.807) is 58.1 Å². The Balaban J connectivity index is 1.43. The van der Waals surface area contributed by atoms with Gasteiger partial charge >= 0.3 is 12.1 Å². The first-order chi connectivity index (χ1) is 29.4. The third-order valence-electron chi connectivity index (χ3n) is 13.2. The van der Waals surface area contributed by atoms with Crippen molar-refractivity contribution >= 4 is 23.6 Å². The molecule has 16 nitrogen and oxygen atoms in total. The quantitative estimate of drug-likeness (QED) is 0.109. The number of aromatic nitrogens is 3. The number of cyclic esters (lactones) is 1. The Labute approximate surface area is 366 Å². The fourth-order valence-corrected chi connectivity index (χ4v) is 9.66. The van der Waals surface area contributed by atoms with Gasteiger partial charge in [-0.05, 0) is 86.0 Å². The molecule has 3 aliphatic heterocycles. The summed E-state index contributed by atoms with van der Waals surface area (Å²) < 4.78 is 38.8. The molecule has 0 aliphatic carbocycles. The number of carbonyl (C=O) groups excluding carboxylic acids is 4. The minimum atomic E-state index is -1.61. The molecule has 0 spiro atoms. The van der Waals surface area contributed by atoms with Crippen LogP contribution in [-0.4, -0.2) is 141 Å². The first-order valence-corrected chi connectivity index (χ1v) is 22.1. The van der Waals surface area contributed by atoms with Gasteiger partial charge in [0.05, 0.1) is 42.5 Å². The topological polar surface area (TPSA) is 181 Å². The molecule has 13 atom stereocenters. The molecule has 3 saturated heterocycles. The number of hydrogen-bond acceptors (Lipinski definition) is 14. The van der Waals surface area contributed by atoms with Crippen LogP contribution in [0.3, 0.4) is 0 Å². The van der Waals surface area contributed by atoms with Gasteiger partial charge in [0, 0.05) is 68.0 Å². The zero-order chi connectivity index (χ0) is 45.7. The van der Waals surface area contributed by atoms with Crippen molar-refractivity contribution in [2.45, 2.75) is 148 Å². The number of imidazole rings is 1. The van der Waals surface area contributed by atoms with E-state index in [0.29, 0.717) is 38.3 Å². The van der Waals surface area contributed by atoms with Crippen molar-refractivity contribution in [3.05, 3.63) is 43.5 Å². The van der Waals surface area contributed by atoms with Crippen LogP contribution in [0, 0.1) is 23.7 Å². The van der Waals surface area contributed by atoms with E-state index in [2.05, 4.69) is 16.5 Å². The summed E-state index contributed by atoms with van der Waals surface area (Å²) >= 11 is 0. The Morgan fingerprint density at radius 3 is 2.34 bits per heavy atom. The van der Waals surface area contributed by atoms with Gasteiger partial charge in [0.25, 0.3) is 0 Å². The van der Waals surface area contributed by atoms with Crippen LogP contribution in [-0.2, 0) is 44.6 Å². The average molecular weight is 868 g/mol. The highest BCUT2D eigenvalue weighted by Crippen LogP contribution is 2.44. The van der Waals surface area contributed by atoms with Crippen LogP contribution in [0.15, 0.2) is 43.5 Å². The van der Waals surface area contributed by atoms with Crippen molar-refractivity contribution in [2.75, 3.05) is 34.4 Å². The van der Waals surface area contributed by atoms with Gasteiger partial charge in [-0.3, -0.25) is 19.3 Å². The van der Waals surface area contributed by atoms with Gasteiger partial charge in [-0.2, -0.15) is 0 Å². The number of fused-ring (bicyclic) bond motifs is 1. The molecule has 3 fully saturated rings. The first-order valence-electron chi connectivity index (χ1n) is 22.1. The molecular weight excluding hydrogens is 799 g/mol. The summed E-state index contributed by atoms with van der Waals surface area (Å²) in [6.45, 7) is 19.5. The lowest BCUT2D eigenvalue weighted by Gasteiger charge is -2.47. The van der Waals surface area contributed by atoms with Crippen molar-refractivity contribution < 1.29 is 52.7 Å². The molecule has 3 aliphatic rings. The zero-order valence-electron chi connectivity index (χ0n) is 38.4. The Bertz CT molecular complexity index is 1870. The van der Waals surface area contributed by atoms with Crippen molar-refractivity contribution in [2.24, 2.45) is 23.7 Å². The molecule has 5 rings (SSSR count). The van der Waals surface area contributed by atoms with Crippen LogP contribution >= 0.6 is 0 Å². The maximum absolute atomic E-state index is 14.8. The molecular formula is C46H69N5O11. The highest BCUT2D eigenvalue weighted by atomic mass is 16.7. The van der Waals surface area contributed by atoms with Crippen LogP contribution in [0.2, 0.25) is 0 Å². The Kier molecular flexibility index (Phi) is 16.2. The predicted octanol–water partition coefficient (Wildman–Crippen LogP) is 5.49. The summed E-state index contributed by atoms with van der Waals surface area (Å²) in [5.74, 6) is -4.70. The summed E-state index contributed by atoms with van der Waals surface area (Å²) in [7, 11) is 5.22. The van der Waals surface area contributed by atoms with E-state index >= 15 is 0 Å². The van der Waals surface area contributed by atoms with Crippen molar-refractivity contribution in [1.82, 2.24) is 24.3 Å². The van der Waals surface area contributed by atoms with Gasteiger partial charge in [-0.25, -0.2) is 14.8 Å². The van der Waals surface area contributed by atoms with E-state index < -0.39 is 83.4 Å². The molecule has 1 unspecified atom stereocenters. The number of methoxy groups -OCH3 is 1. The maximum atomic E-state index is 14.8. The second kappa shape index (κ2) is 20.5. The second-order valence-corrected chi connectivity index (χ2v) is 17.8. The monoisotopic (exact) mass is 867 g/mol. The molecule has 1 amide bonds. The number of pyridine rings is 1. The molecule has 0 saturated carbocycles. The summed E-state index contributed by atoms with van der Waals surface area (Å²) in [6, 6.07) is 2.52. The van der Waals surface area contributed by atoms with E-state index in [0.717, 1.165) is 11.3 Å². The molecule has 344 valence electrons. The fraction of sp³-hybridized carbons (Fsp3) is 0.696. The van der Waals surface area contributed by atoms with Gasteiger partial charge in [-0.15, -0.1) is 0 Å². The van der Waals surface area contributed by atoms with E-state index in [1.165, 1.54) is 20.1 Å². The maximum Gasteiger partial charge on any atom is 0.411 e. The lowest BCUT2D eigenvalue weighted by molar-refractivity contribution is -0.295. The molecule has 0 bridgehead atoms. The molecule has 62 heavy (non-hydrogen) atoms. The summed E-state index contributed by atoms with van der Waals surface area (Å²) in [4.78, 5) is 69.7. The number of aliphatic hydroxyl groups excluding tert-OH is 1. The van der Waals surface area contributed by atoms with E-state index in [4.69, 9.17) is 28.4 Å². The third kappa shape index (κ3) is 10.1. The van der Waals surface area contributed by atoms with Crippen LogP contribution in [0.25, 0.3) is 11.3 Å². The number of amides is 1. The number of aryl methyl sites for hydroxylation is 1. The lowest BCUT2D eigenvalue weighted by atomic mass is 9.72. The number of Topliss-reactive ketones (excluding diaryl/α,β-unsaturated/α-hetero) is 2. The molecule has 16 heteroatoms. The van der Waals surface area contributed by atoms with E-state index in [1.807, 2.05) is 49.7 Å². The fourth-order valence-electron chi connectivity index (χ4n) is 9.66. The number of hydrogen-bond donors (Lipinski definition) is 1. The highest BCUT2D eigenvalue weighted by Gasteiger charge is 2.61. The number of nitrogens with zero attached hydrogens (tertiary/aromatic N) is 5.